The molecule has 19 heteroatoms. The molecule has 0 aliphatic rings. The third-order valence-corrected chi connectivity index (χ3v) is 3.53. The second-order valence-corrected chi connectivity index (χ2v) is 5.85. The summed E-state index contributed by atoms with van der Waals surface area (Å²) in [6.07, 6.45) is -8.00. The molecule has 0 radical (unpaired) electrons. The van der Waals surface area contributed by atoms with E-state index >= 15 is 0 Å². The van der Waals surface area contributed by atoms with E-state index in [2.05, 4.69) is 4.74 Å². The van der Waals surface area contributed by atoms with E-state index in [0.717, 1.165) is 0 Å². The fraction of sp³-hybridized carbons (Fsp3) is 1.00. The van der Waals surface area contributed by atoms with Gasteiger partial charge >= 0.3 is 47.9 Å². The zero-order chi connectivity index (χ0) is 25.5. The van der Waals surface area contributed by atoms with Gasteiger partial charge in [-0.1, -0.05) is 0 Å². The number of alkyl halides is 16. The molecular weight excluding hydrogens is 496 g/mol. The number of halogens is 16. The van der Waals surface area contributed by atoms with Crippen LogP contribution in [0.15, 0.2) is 0 Å². The standard InChI is InChI=1S/C12H10F16O3/c13-5(14)7(17,18)9(21,22)11(25,26)12(27,28)10(23,24)8(19,20)6(15,16)3-31-2-4(30)1-29/h4-5,29-30H,1-3H2/t4-/m1/s1. The lowest BCUT2D eigenvalue weighted by Crippen LogP contribution is -2.74. The Morgan fingerprint density at radius 2 is 0.968 bits per heavy atom. The summed E-state index contributed by atoms with van der Waals surface area (Å²) >= 11 is 0. The molecule has 0 bridgehead atoms. The number of ether oxygens (including phenoxy) is 1. The molecule has 0 saturated heterocycles. The highest BCUT2D eigenvalue weighted by atomic mass is 19.4. The van der Waals surface area contributed by atoms with Crippen molar-refractivity contribution in [2.75, 3.05) is 19.8 Å². The van der Waals surface area contributed by atoms with Crippen molar-refractivity contribution < 1.29 is 85.2 Å². The minimum atomic E-state index is -8.46. The predicted octanol–water partition coefficient (Wildman–Crippen LogP) is 4.07. The SMILES string of the molecule is OC[C@@H](O)COCC(F)(F)C(F)(F)C(F)(F)C(F)(F)C(F)(F)C(F)(F)C(F)(F)C(F)F. The van der Waals surface area contributed by atoms with E-state index < -0.39 is 73.8 Å². The molecule has 0 rings (SSSR count). The molecule has 0 aromatic rings. The Kier molecular flexibility index (Phi) is 8.26. The molecule has 3 nitrogen and oxygen atoms in total. The van der Waals surface area contributed by atoms with Crippen molar-refractivity contribution in [3.63, 3.8) is 0 Å². The van der Waals surface area contributed by atoms with Crippen LogP contribution in [0.25, 0.3) is 0 Å². The van der Waals surface area contributed by atoms with Crippen LogP contribution in [0.2, 0.25) is 0 Å². The molecule has 0 unspecified atom stereocenters. The van der Waals surface area contributed by atoms with Crippen molar-refractivity contribution in [3.8, 4) is 0 Å². The zero-order valence-electron chi connectivity index (χ0n) is 14.1. The lowest BCUT2D eigenvalue weighted by molar-refractivity contribution is -0.448. The quantitative estimate of drug-likeness (QED) is 0.393. The van der Waals surface area contributed by atoms with E-state index in [9.17, 15) is 70.2 Å². The average molecular weight is 506 g/mol. The maximum Gasteiger partial charge on any atom is 0.384 e. The van der Waals surface area contributed by atoms with Gasteiger partial charge in [0, 0.05) is 0 Å². The summed E-state index contributed by atoms with van der Waals surface area (Å²) in [4.78, 5) is 0. The summed E-state index contributed by atoms with van der Waals surface area (Å²) in [6.45, 7) is -5.87. The van der Waals surface area contributed by atoms with Crippen molar-refractivity contribution in [2.45, 2.75) is 54.0 Å². The fourth-order valence-electron chi connectivity index (χ4n) is 1.63. The number of hydrogen-bond donors (Lipinski definition) is 2. The third-order valence-electron chi connectivity index (χ3n) is 3.53. The second-order valence-electron chi connectivity index (χ2n) is 5.85. The Labute approximate surface area is 160 Å². The van der Waals surface area contributed by atoms with Crippen molar-refractivity contribution in [1.29, 1.82) is 0 Å². The van der Waals surface area contributed by atoms with Gasteiger partial charge in [0.05, 0.1) is 13.2 Å². The maximum atomic E-state index is 13.4. The Balaban J connectivity index is 6.25. The van der Waals surface area contributed by atoms with Gasteiger partial charge in [-0.2, -0.15) is 61.5 Å². The van der Waals surface area contributed by atoms with Gasteiger partial charge in [-0.25, -0.2) is 8.78 Å². The molecule has 0 aliphatic carbocycles. The Morgan fingerprint density at radius 1 is 0.613 bits per heavy atom. The van der Waals surface area contributed by atoms with Crippen molar-refractivity contribution in [1.82, 2.24) is 0 Å². The maximum absolute atomic E-state index is 13.4. The average Bonchev–Trinajstić information content (AvgIpc) is 2.59. The first kappa shape index (κ1) is 29.8. The van der Waals surface area contributed by atoms with Crippen LogP contribution in [0, 0.1) is 0 Å². The lowest BCUT2D eigenvalue weighted by atomic mass is 9.89. The third kappa shape index (κ3) is 4.49. The first-order valence-corrected chi connectivity index (χ1v) is 7.19. The summed E-state index contributed by atoms with van der Waals surface area (Å²) in [7, 11) is 0. The molecule has 2 N–H and O–H groups in total. The van der Waals surface area contributed by atoms with Crippen LogP contribution in [0.3, 0.4) is 0 Å². The van der Waals surface area contributed by atoms with Crippen LogP contribution >= 0.6 is 0 Å². The topological polar surface area (TPSA) is 49.7 Å². The summed E-state index contributed by atoms with van der Waals surface area (Å²) in [5.74, 6) is -55.1. The number of aliphatic hydroxyl groups excluding tert-OH is 2. The van der Waals surface area contributed by atoms with Gasteiger partial charge in [-0.05, 0) is 0 Å². The van der Waals surface area contributed by atoms with Gasteiger partial charge in [0.15, 0.2) is 0 Å². The van der Waals surface area contributed by atoms with Crippen molar-refractivity contribution in [3.05, 3.63) is 0 Å². The number of rotatable bonds is 12. The van der Waals surface area contributed by atoms with E-state index in [1.54, 1.807) is 0 Å². The second kappa shape index (κ2) is 8.60. The van der Waals surface area contributed by atoms with Gasteiger partial charge in [0.25, 0.3) is 0 Å². The van der Waals surface area contributed by atoms with E-state index in [1.165, 1.54) is 0 Å². The molecule has 31 heavy (non-hydrogen) atoms. The summed E-state index contributed by atoms with van der Waals surface area (Å²) in [5.41, 5.74) is 0. The first-order chi connectivity index (χ1) is 13.4. The minimum absolute atomic E-state index is 1.28. The number of aliphatic hydroxyl groups is 2. The molecule has 0 heterocycles. The first-order valence-electron chi connectivity index (χ1n) is 7.19. The molecule has 1 atom stereocenters. The van der Waals surface area contributed by atoms with Crippen molar-refractivity contribution in [2.24, 2.45) is 0 Å². The van der Waals surface area contributed by atoms with Gasteiger partial charge in [0.2, 0.25) is 0 Å². The molecule has 0 spiro atoms. The van der Waals surface area contributed by atoms with Crippen LogP contribution in [-0.2, 0) is 4.74 Å². The molecular formula is C12H10F16O3. The van der Waals surface area contributed by atoms with Gasteiger partial charge in [-0.3, -0.25) is 0 Å². The Hall–Kier alpha value is -1.24. The molecule has 0 saturated carbocycles. The highest BCUT2D eigenvalue weighted by Crippen LogP contribution is 2.62. The van der Waals surface area contributed by atoms with E-state index in [0.29, 0.717) is 0 Å². The van der Waals surface area contributed by atoms with Gasteiger partial charge in [-0.15, -0.1) is 0 Å². The molecule has 188 valence electrons. The molecule has 0 aromatic heterocycles. The van der Waals surface area contributed by atoms with Crippen LogP contribution in [0.1, 0.15) is 0 Å². The Bertz CT molecular complexity index is 605. The van der Waals surface area contributed by atoms with E-state index in [1.807, 2.05) is 0 Å². The molecule has 0 aromatic carbocycles. The smallest absolute Gasteiger partial charge is 0.384 e. The van der Waals surface area contributed by atoms with Crippen LogP contribution in [-0.4, -0.2) is 84.0 Å². The summed E-state index contributed by atoms with van der Waals surface area (Å²) < 4.78 is 211. The van der Waals surface area contributed by atoms with Gasteiger partial charge < -0.3 is 14.9 Å². The molecule has 0 amide bonds. The van der Waals surface area contributed by atoms with E-state index in [-0.39, 0.29) is 0 Å². The fourth-order valence-corrected chi connectivity index (χ4v) is 1.63. The van der Waals surface area contributed by atoms with Crippen LogP contribution in [0.5, 0.6) is 0 Å². The predicted molar refractivity (Wildman–Crippen MR) is 64.5 cm³/mol. The monoisotopic (exact) mass is 506 g/mol. The minimum Gasteiger partial charge on any atom is -0.394 e. The highest BCUT2D eigenvalue weighted by molar-refractivity contribution is 5.14. The normalized spacial score (nSPS) is 16.7. The van der Waals surface area contributed by atoms with Crippen LogP contribution in [0.4, 0.5) is 70.2 Å². The largest absolute Gasteiger partial charge is 0.394 e. The highest BCUT2D eigenvalue weighted by Gasteiger charge is 2.93. The Morgan fingerprint density at radius 3 is 1.32 bits per heavy atom. The molecule has 0 aliphatic heterocycles. The van der Waals surface area contributed by atoms with E-state index in [4.69, 9.17) is 10.2 Å². The van der Waals surface area contributed by atoms with Crippen molar-refractivity contribution >= 4 is 0 Å². The zero-order valence-corrected chi connectivity index (χ0v) is 14.1. The molecule has 0 fully saturated rings. The van der Waals surface area contributed by atoms with Crippen LogP contribution < -0.4 is 0 Å². The summed E-state index contributed by atoms with van der Waals surface area (Å²) in [6, 6.07) is 0. The summed E-state index contributed by atoms with van der Waals surface area (Å²) in [5, 5.41) is 17.0. The van der Waals surface area contributed by atoms with Gasteiger partial charge in [0.1, 0.15) is 12.7 Å². The number of hydrogen-bond acceptors (Lipinski definition) is 3. The lowest BCUT2D eigenvalue weighted by Gasteiger charge is -2.42.